The number of benzene rings is 2. The second-order valence-electron chi connectivity index (χ2n) is 4.71. The first-order chi connectivity index (χ1) is 9.08. The van der Waals surface area contributed by atoms with Gasteiger partial charge in [-0.1, -0.05) is 54.6 Å². The first-order valence-electron chi connectivity index (χ1n) is 6.27. The summed E-state index contributed by atoms with van der Waals surface area (Å²) in [5, 5.41) is 0. The van der Waals surface area contributed by atoms with E-state index >= 15 is 0 Å². The van der Waals surface area contributed by atoms with Crippen molar-refractivity contribution >= 4 is 17.2 Å². The Hall–Kier alpha value is -2.15. The molecular weight excluding hydrogens is 235 g/mol. The fourth-order valence-electron chi connectivity index (χ4n) is 2.06. The number of allylic oxidation sites excluding steroid dienone is 2. The summed E-state index contributed by atoms with van der Waals surface area (Å²) >= 11 is 0. The maximum absolute atomic E-state index is 13.2. The van der Waals surface area contributed by atoms with E-state index in [4.69, 9.17) is 0 Å². The van der Waals surface area contributed by atoms with Crippen LogP contribution in [0.5, 0.6) is 0 Å². The van der Waals surface area contributed by atoms with E-state index in [0.717, 1.165) is 27.8 Å². The smallest absolute Gasteiger partial charge is 0.123 e. The highest BCUT2D eigenvalue weighted by Crippen LogP contribution is 2.23. The third-order valence-electron chi connectivity index (χ3n) is 3.07. The molecule has 2 aromatic carbocycles. The van der Waals surface area contributed by atoms with E-state index in [-0.39, 0.29) is 5.82 Å². The summed E-state index contributed by atoms with van der Waals surface area (Å²) in [7, 11) is 0. The van der Waals surface area contributed by atoms with E-state index < -0.39 is 0 Å². The van der Waals surface area contributed by atoms with E-state index in [0.29, 0.717) is 0 Å². The van der Waals surface area contributed by atoms with Gasteiger partial charge >= 0.3 is 0 Å². The van der Waals surface area contributed by atoms with Crippen LogP contribution in [0, 0.1) is 5.82 Å². The Morgan fingerprint density at radius 3 is 2.47 bits per heavy atom. The second-order valence-corrected chi connectivity index (χ2v) is 4.71. The summed E-state index contributed by atoms with van der Waals surface area (Å²) in [4.78, 5) is 0. The Bertz CT molecular complexity index is 636. The molecule has 0 aliphatic heterocycles. The average Bonchev–Trinajstić information content (AvgIpc) is 2.39. The minimum Gasteiger partial charge on any atom is -0.207 e. The van der Waals surface area contributed by atoms with Gasteiger partial charge in [-0.2, -0.15) is 0 Å². The van der Waals surface area contributed by atoms with Crippen molar-refractivity contribution in [2.75, 3.05) is 0 Å². The van der Waals surface area contributed by atoms with Gasteiger partial charge in [0.05, 0.1) is 0 Å². The molecule has 0 saturated carbocycles. The molecule has 0 fully saturated rings. The molecule has 0 saturated heterocycles. The lowest BCUT2D eigenvalue weighted by Gasteiger charge is -2.07. The van der Waals surface area contributed by atoms with Crippen molar-refractivity contribution in [1.82, 2.24) is 0 Å². The molecule has 0 radical (unpaired) electrons. The Labute approximate surface area is 113 Å². The van der Waals surface area contributed by atoms with Gasteiger partial charge in [-0.3, -0.25) is 0 Å². The molecule has 1 heteroatoms. The lowest BCUT2D eigenvalue weighted by Crippen LogP contribution is -1.86. The summed E-state index contributed by atoms with van der Waals surface area (Å²) in [6.45, 7) is 7.97. The van der Waals surface area contributed by atoms with Crippen molar-refractivity contribution in [3.8, 4) is 0 Å². The lowest BCUT2D eigenvalue weighted by atomic mass is 9.98. The first kappa shape index (κ1) is 13.3. The molecule has 0 bridgehead atoms. The maximum Gasteiger partial charge on any atom is 0.123 e. The van der Waals surface area contributed by atoms with Crippen molar-refractivity contribution in [3.63, 3.8) is 0 Å². The van der Waals surface area contributed by atoms with Gasteiger partial charge in [0.2, 0.25) is 0 Å². The molecule has 0 aliphatic carbocycles. The van der Waals surface area contributed by atoms with Crippen molar-refractivity contribution < 1.29 is 4.39 Å². The number of hydrogen-bond acceptors (Lipinski definition) is 0. The van der Waals surface area contributed by atoms with Gasteiger partial charge in [0.15, 0.2) is 0 Å². The first-order valence-corrected chi connectivity index (χ1v) is 6.27. The molecule has 0 aliphatic rings. The fraction of sp³-hybridized carbons (Fsp3) is 0.111. The lowest BCUT2D eigenvalue weighted by molar-refractivity contribution is 0.627. The van der Waals surface area contributed by atoms with Crippen LogP contribution in [0.4, 0.5) is 4.39 Å². The summed E-state index contributed by atoms with van der Waals surface area (Å²) in [6, 6.07) is 14.7. The molecule has 96 valence electrons. The minimum atomic E-state index is -0.210. The Morgan fingerprint density at radius 2 is 1.79 bits per heavy atom. The predicted octanol–water partition coefficient (Wildman–Crippen LogP) is 5.42. The second kappa shape index (κ2) is 5.66. The molecule has 0 nitrogen and oxygen atoms in total. The van der Waals surface area contributed by atoms with E-state index in [1.165, 1.54) is 6.07 Å². The summed E-state index contributed by atoms with van der Waals surface area (Å²) < 4.78 is 13.2. The highest BCUT2D eigenvalue weighted by atomic mass is 19.1. The Kier molecular flexibility index (Phi) is 3.96. The number of hydrogen-bond donors (Lipinski definition) is 0. The molecule has 0 heterocycles. The van der Waals surface area contributed by atoms with Crippen LogP contribution in [0.15, 0.2) is 55.1 Å². The monoisotopic (exact) mass is 252 g/mol. The highest BCUT2D eigenvalue weighted by Gasteiger charge is 2.02. The average molecular weight is 252 g/mol. The zero-order valence-corrected chi connectivity index (χ0v) is 11.3. The quantitative estimate of drug-likeness (QED) is 0.640. The third-order valence-corrected chi connectivity index (χ3v) is 3.07. The zero-order valence-electron chi connectivity index (χ0n) is 11.3. The normalized spacial score (nSPS) is 11.4. The van der Waals surface area contributed by atoms with E-state index in [1.54, 1.807) is 12.1 Å². The van der Waals surface area contributed by atoms with Gasteiger partial charge in [-0.15, -0.1) is 0 Å². The van der Waals surface area contributed by atoms with Crippen molar-refractivity contribution in [3.05, 3.63) is 77.6 Å². The molecule has 0 N–H and O–H groups in total. The van der Waals surface area contributed by atoms with E-state index in [1.807, 2.05) is 44.2 Å². The SMILES string of the molecule is C=C(C)c1ccccc1/C=C(\C)c1cccc(F)c1. The molecule has 2 rings (SSSR count). The molecule has 0 spiro atoms. The molecule has 0 unspecified atom stereocenters. The summed E-state index contributed by atoms with van der Waals surface area (Å²) in [6.07, 6.45) is 2.07. The topological polar surface area (TPSA) is 0 Å². The van der Waals surface area contributed by atoms with Crippen LogP contribution in [-0.4, -0.2) is 0 Å². The standard InChI is InChI=1S/C18H17F/c1-13(2)18-10-5-4-7-16(18)11-14(3)15-8-6-9-17(19)12-15/h4-12H,1H2,2-3H3/b14-11+. The number of rotatable bonds is 3. The zero-order chi connectivity index (χ0) is 13.8. The molecular formula is C18H17F. The van der Waals surface area contributed by atoms with E-state index in [2.05, 4.69) is 12.7 Å². The Morgan fingerprint density at radius 1 is 1.05 bits per heavy atom. The van der Waals surface area contributed by atoms with Crippen LogP contribution in [0.1, 0.15) is 30.5 Å². The van der Waals surface area contributed by atoms with Crippen LogP contribution >= 0.6 is 0 Å². The van der Waals surface area contributed by atoms with E-state index in [9.17, 15) is 4.39 Å². The minimum absolute atomic E-state index is 0.210. The number of halogens is 1. The highest BCUT2D eigenvalue weighted by molar-refractivity contribution is 5.84. The van der Waals surface area contributed by atoms with Gasteiger partial charge in [-0.05, 0) is 48.2 Å². The largest absolute Gasteiger partial charge is 0.207 e. The van der Waals surface area contributed by atoms with Crippen LogP contribution in [-0.2, 0) is 0 Å². The maximum atomic E-state index is 13.2. The van der Waals surface area contributed by atoms with Crippen LogP contribution in [0.2, 0.25) is 0 Å². The van der Waals surface area contributed by atoms with Gasteiger partial charge < -0.3 is 0 Å². The molecule has 0 atom stereocenters. The van der Waals surface area contributed by atoms with Crippen molar-refractivity contribution in [2.24, 2.45) is 0 Å². The van der Waals surface area contributed by atoms with Crippen LogP contribution in [0.3, 0.4) is 0 Å². The summed E-state index contributed by atoms with van der Waals surface area (Å²) in [5.74, 6) is -0.210. The molecule has 0 aromatic heterocycles. The fourth-order valence-corrected chi connectivity index (χ4v) is 2.06. The summed E-state index contributed by atoms with van der Waals surface area (Å²) in [5.41, 5.74) is 5.19. The molecule has 2 aromatic rings. The van der Waals surface area contributed by atoms with Crippen molar-refractivity contribution in [2.45, 2.75) is 13.8 Å². The van der Waals surface area contributed by atoms with Gasteiger partial charge in [-0.25, -0.2) is 4.39 Å². The third kappa shape index (κ3) is 3.19. The predicted molar refractivity (Wildman–Crippen MR) is 81.1 cm³/mol. The van der Waals surface area contributed by atoms with Crippen molar-refractivity contribution in [1.29, 1.82) is 0 Å². The van der Waals surface area contributed by atoms with Gasteiger partial charge in [0.1, 0.15) is 5.82 Å². The van der Waals surface area contributed by atoms with Gasteiger partial charge in [0.25, 0.3) is 0 Å². The van der Waals surface area contributed by atoms with Crippen LogP contribution in [0.25, 0.3) is 17.2 Å². The van der Waals surface area contributed by atoms with Crippen LogP contribution < -0.4 is 0 Å². The molecule has 0 amide bonds. The van der Waals surface area contributed by atoms with Gasteiger partial charge in [0, 0.05) is 0 Å². The Balaban J connectivity index is 2.44. The molecule has 19 heavy (non-hydrogen) atoms.